The van der Waals surface area contributed by atoms with Crippen molar-refractivity contribution in [2.75, 3.05) is 26.7 Å². The van der Waals surface area contributed by atoms with Crippen LogP contribution >= 0.6 is 0 Å². The number of piperidine rings is 1. The van der Waals surface area contributed by atoms with E-state index in [1.165, 1.54) is 5.56 Å². The first-order valence-corrected chi connectivity index (χ1v) is 10.1. The molecule has 0 bridgehead atoms. The molecule has 0 aromatic heterocycles. The van der Waals surface area contributed by atoms with E-state index in [1.807, 2.05) is 25.2 Å². The Morgan fingerprint density at radius 3 is 2.46 bits per heavy atom. The summed E-state index contributed by atoms with van der Waals surface area (Å²) in [5.74, 6) is 1.35. The molecule has 1 aliphatic rings. The van der Waals surface area contributed by atoms with Crippen molar-refractivity contribution in [1.29, 1.82) is 0 Å². The quantitative estimate of drug-likeness (QED) is 0.587. The SMILES string of the molecule is CN=C(NCC1CCN(Cc2ccccc2F)CC1)NC(C)c1ccccc1. The van der Waals surface area contributed by atoms with Crippen molar-refractivity contribution < 1.29 is 4.39 Å². The number of nitrogens with zero attached hydrogens (tertiary/aromatic N) is 2. The Hall–Kier alpha value is -2.40. The number of halogens is 1. The van der Waals surface area contributed by atoms with E-state index in [1.54, 1.807) is 12.1 Å². The lowest BCUT2D eigenvalue weighted by Crippen LogP contribution is -2.43. The summed E-state index contributed by atoms with van der Waals surface area (Å²) in [4.78, 5) is 6.71. The monoisotopic (exact) mass is 382 g/mol. The summed E-state index contributed by atoms with van der Waals surface area (Å²) in [5.41, 5.74) is 2.03. The van der Waals surface area contributed by atoms with Gasteiger partial charge in [0.25, 0.3) is 0 Å². The fourth-order valence-electron chi connectivity index (χ4n) is 3.68. The molecule has 5 heteroatoms. The molecular weight excluding hydrogens is 351 g/mol. The van der Waals surface area contributed by atoms with Crippen molar-refractivity contribution in [3.05, 3.63) is 71.5 Å². The van der Waals surface area contributed by atoms with Crippen molar-refractivity contribution in [3.63, 3.8) is 0 Å². The Morgan fingerprint density at radius 2 is 1.79 bits per heavy atom. The maximum Gasteiger partial charge on any atom is 0.191 e. The predicted molar refractivity (Wildman–Crippen MR) is 114 cm³/mol. The normalized spacial score (nSPS) is 17.3. The number of hydrogen-bond acceptors (Lipinski definition) is 2. The van der Waals surface area contributed by atoms with Gasteiger partial charge in [-0.15, -0.1) is 0 Å². The van der Waals surface area contributed by atoms with Crippen LogP contribution in [-0.2, 0) is 6.54 Å². The second-order valence-corrected chi connectivity index (χ2v) is 7.54. The van der Waals surface area contributed by atoms with Gasteiger partial charge in [-0.3, -0.25) is 9.89 Å². The minimum absolute atomic E-state index is 0.103. The summed E-state index contributed by atoms with van der Waals surface area (Å²) in [6.45, 7) is 5.77. The van der Waals surface area contributed by atoms with Crippen molar-refractivity contribution in [3.8, 4) is 0 Å². The Morgan fingerprint density at radius 1 is 1.11 bits per heavy atom. The molecule has 0 spiro atoms. The average molecular weight is 383 g/mol. The van der Waals surface area contributed by atoms with Gasteiger partial charge in [0.1, 0.15) is 5.82 Å². The highest BCUT2D eigenvalue weighted by Gasteiger charge is 2.20. The molecule has 2 aromatic rings. The second kappa shape index (κ2) is 10.2. The minimum Gasteiger partial charge on any atom is -0.356 e. The van der Waals surface area contributed by atoms with Gasteiger partial charge in [0.15, 0.2) is 5.96 Å². The molecular formula is C23H31FN4. The number of likely N-dealkylation sites (tertiary alicyclic amines) is 1. The molecule has 4 nitrogen and oxygen atoms in total. The van der Waals surface area contributed by atoms with Crippen LogP contribution in [0.5, 0.6) is 0 Å². The van der Waals surface area contributed by atoms with Crippen molar-refractivity contribution in [2.24, 2.45) is 10.9 Å². The van der Waals surface area contributed by atoms with Gasteiger partial charge < -0.3 is 10.6 Å². The highest BCUT2D eigenvalue weighted by Crippen LogP contribution is 2.19. The summed E-state index contributed by atoms with van der Waals surface area (Å²) in [5, 5.41) is 6.93. The van der Waals surface area contributed by atoms with E-state index < -0.39 is 0 Å². The van der Waals surface area contributed by atoms with E-state index in [9.17, 15) is 4.39 Å². The first-order chi connectivity index (χ1) is 13.7. The van der Waals surface area contributed by atoms with E-state index in [0.717, 1.165) is 44.0 Å². The van der Waals surface area contributed by atoms with Gasteiger partial charge in [0.2, 0.25) is 0 Å². The van der Waals surface area contributed by atoms with Crippen LogP contribution in [0.4, 0.5) is 4.39 Å². The first-order valence-electron chi connectivity index (χ1n) is 10.1. The van der Waals surface area contributed by atoms with Crippen LogP contribution in [0.25, 0.3) is 0 Å². The highest BCUT2D eigenvalue weighted by molar-refractivity contribution is 5.80. The van der Waals surface area contributed by atoms with E-state index in [-0.39, 0.29) is 11.9 Å². The zero-order valence-electron chi connectivity index (χ0n) is 16.9. The smallest absolute Gasteiger partial charge is 0.191 e. The fraction of sp³-hybridized carbons (Fsp3) is 0.435. The number of benzene rings is 2. The summed E-state index contributed by atoms with van der Waals surface area (Å²) in [6, 6.07) is 17.7. The Bertz CT molecular complexity index is 754. The molecule has 1 atom stereocenters. The summed E-state index contributed by atoms with van der Waals surface area (Å²) < 4.78 is 13.8. The zero-order valence-corrected chi connectivity index (χ0v) is 16.9. The molecule has 1 heterocycles. The van der Waals surface area contributed by atoms with Crippen molar-refractivity contribution in [2.45, 2.75) is 32.4 Å². The Kier molecular flexibility index (Phi) is 7.43. The maximum absolute atomic E-state index is 13.8. The Balaban J connectivity index is 1.41. The topological polar surface area (TPSA) is 39.7 Å². The number of guanidine groups is 1. The third-order valence-corrected chi connectivity index (χ3v) is 5.49. The molecule has 28 heavy (non-hydrogen) atoms. The number of aliphatic imine (C=N–C) groups is 1. The van der Waals surface area contributed by atoms with Gasteiger partial charge in [0, 0.05) is 25.7 Å². The fourth-order valence-corrected chi connectivity index (χ4v) is 3.68. The molecule has 2 aromatic carbocycles. The van der Waals surface area contributed by atoms with Gasteiger partial charge in [0.05, 0.1) is 6.04 Å². The molecule has 1 aliphatic heterocycles. The van der Waals surface area contributed by atoms with E-state index in [0.29, 0.717) is 12.5 Å². The predicted octanol–water partition coefficient (Wildman–Crippen LogP) is 3.96. The molecule has 1 saturated heterocycles. The van der Waals surface area contributed by atoms with Crippen LogP contribution in [0.3, 0.4) is 0 Å². The van der Waals surface area contributed by atoms with Crippen LogP contribution < -0.4 is 10.6 Å². The van der Waals surface area contributed by atoms with Crippen LogP contribution in [0, 0.1) is 11.7 Å². The second-order valence-electron chi connectivity index (χ2n) is 7.54. The van der Waals surface area contributed by atoms with E-state index in [4.69, 9.17) is 0 Å². The summed E-state index contributed by atoms with van der Waals surface area (Å²) in [7, 11) is 1.81. The average Bonchev–Trinajstić information content (AvgIpc) is 2.74. The maximum atomic E-state index is 13.8. The van der Waals surface area contributed by atoms with E-state index in [2.05, 4.69) is 51.7 Å². The minimum atomic E-state index is -0.103. The third-order valence-electron chi connectivity index (χ3n) is 5.49. The number of rotatable bonds is 6. The summed E-state index contributed by atoms with van der Waals surface area (Å²) >= 11 is 0. The molecule has 0 aliphatic carbocycles. The van der Waals surface area contributed by atoms with Crippen LogP contribution in [0.15, 0.2) is 59.6 Å². The molecule has 1 unspecified atom stereocenters. The first kappa shape index (κ1) is 20.3. The van der Waals surface area contributed by atoms with Crippen LogP contribution in [-0.4, -0.2) is 37.5 Å². The van der Waals surface area contributed by atoms with Gasteiger partial charge in [-0.05, 0) is 50.4 Å². The molecule has 0 saturated carbocycles. The summed E-state index contributed by atoms with van der Waals surface area (Å²) in [6.07, 6.45) is 2.24. The highest BCUT2D eigenvalue weighted by atomic mass is 19.1. The lowest BCUT2D eigenvalue weighted by Gasteiger charge is -2.32. The lowest BCUT2D eigenvalue weighted by atomic mass is 9.96. The molecule has 150 valence electrons. The number of nitrogens with one attached hydrogen (secondary N) is 2. The molecule has 0 radical (unpaired) electrons. The van der Waals surface area contributed by atoms with Gasteiger partial charge >= 0.3 is 0 Å². The number of hydrogen-bond donors (Lipinski definition) is 2. The Labute approximate surface area is 167 Å². The van der Waals surface area contributed by atoms with Gasteiger partial charge in [-0.1, -0.05) is 48.5 Å². The van der Waals surface area contributed by atoms with Gasteiger partial charge in [-0.2, -0.15) is 0 Å². The third kappa shape index (κ3) is 5.80. The molecule has 1 fully saturated rings. The molecule has 3 rings (SSSR count). The van der Waals surface area contributed by atoms with E-state index >= 15 is 0 Å². The lowest BCUT2D eigenvalue weighted by molar-refractivity contribution is 0.176. The molecule has 2 N–H and O–H groups in total. The van der Waals surface area contributed by atoms with Crippen molar-refractivity contribution >= 4 is 5.96 Å². The molecule has 0 amide bonds. The van der Waals surface area contributed by atoms with Gasteiger partial charge in [-0.25, -0.2) is 4.39 Å². The largest absolute Gasteiger partial charge is 0.356 e. The standard InChI is InChI=1S/C23H31FN4/c1-18(20-8-4-3-5-9-20)27-23(25-2)26-16-19-12-14-28(15-13-19)17-21-10-6-7-11-22(21)24/h3-11,18-19H,12-17H2,1-2H3,(H2,25,26,27). The zero-order chi connectivity index (χ0) is 19.8. The van der Waals surface area contributed by atoms with Crippen LogP contribution in [0.2, 0.25) is 0 Å². The van der Waals surface area contributed by atoms with Crippen molar-refractivity contribution in [1.82, 2.24) is 15.5 Å². The van der Waals surface area contributed by atoms with Crippen LogP contribution in [0.1, 0.15) is 36.9 Å².